The van der Waals surface area contributed by atoms with Crippen LogP contribution in [0.5, 0.6) is 0 Å². The van der Waals surface area contributed by atoms with Crippen molar-refractivity contribution in [3.8, 4) is 0 Å². The van der Waals surface area contributed by atoms with Crippen LogP contribution in [0.3, 0.4) is 0 Å². The molecular formula is C13H10Cl2N2O. The number of rotatable bonds is 2. The van der Waals surface area contributed by atoms with E-state index in [1.807, 2.05) is 6.07 Å². The van der Waals surface area contributed by atoms with E-state index in [9.17, 15) is 4.79 Å². The maximum atomic E-state index is 12.1. The molecule has 0 saturated heterocycles. The summed E-state index contributed by atoms with van der Waals surface area (Å²) in [4.78, 5) is 12.1. The Bertz CT molecular complexity index is 552. The molecule has 92 valence electrons. The van der Waals surface area contributed by atoms with Crippen molar-refractivity contribution in [1.82, 2.24) is 0 Å². The van der Waals surface area contributed by atoms with Gasteiger partial charge in [0.05, 0.1) is 5.69 Å². The minimum Gasteiger partial charge on any atom is -0.267 e. The minimum atomic E-state index is -0.370. The van der Waals surface area contributed by atoms with Crippen LogP contribution < -0.4 is 10.9 Å². The first-order valence-corrected chi connectivity index (χ1v) is 5.94. The summed E-state index contributed by atoms with van der Waals surface area (Å²) in [6.07, 6.45) is 0. The fourth-order valence-corrected chi connectivity index (χ4v) is 2.05. The van der Waals surface area contributed by atoms with Gasteiger partial charge in [-0.15, -0.1) is 0 Å². The third-order valence-corrected chi connectivity index (χ3v) is 2.80. The first kappa shape index (κ1) is 12.9. The van der Waals surface area contributed by atoms with E-state index in [-0.39, 0.29) is 5.91 Å². The Morgan fingerprint density at radius 1 is 1.00 bits per heavy atom. The predicted molar refractivity (Wildman–Crippen MR) is 73.9 cm³/mol. The molecule has 0 fully saturated rings. The zero-order chi connectivity index (χ0) is 13.1. The molecule has 3 nitrogen and oxygen atoms in total. The summed E-state index contributed by atoms with van der Waals surface area (Å²) in [6, 6.07) is 13.5. The number of halogens is 2. The van der Waals surface area contributed by atoms with Crippen molar-refractivity contribution in [2.75, 3.05) is 5.01 Å². The molecule has 0 unspecified atom stereocenters. The van der Waals surface area contributed by atoms with Crippen LogP contribution in [0.15, 0.2) is 48.5 Å². The van der Waals surface area contributed by atoms with Crippen molar-refractivity contribution in [3.05, 3.63) is 64.1 Å². The minimum absolute atomic E-state index is 0.346. The van der Waals surface area contributed by atoms with Crippen LogP contribution in [0.2, 0.25) is 10.0 Å². The summed E-state index contributed by atoms with van der Waals surface area (Å²) in [5, 5.41) is 1.85. The Morgan fingerprint density at radius 2 is 1.56 bits per heavy atom. The van der Waals surface area contributed by atoms with Crippen LogP contribution >= 0.6 is 23.2 Å². The highest BCUT2D eigenvalue weighted by atomic mass is 35.5. The van der Waals surface area contributed by atoms with Gasteiger partial charge in [0, 0.05) is 15.6 Å². The number of hydrogen-bond acceptors (Lipinski definition) is 2. The average Bonchev–Trinajstić information content (AvgIpc) is 2.37. The summed E-state index contributed by atoms with van der Waals surface area (Å²) < 4.78 is 0. The lowest BCUT2D eigenvalue weighted by molar-refractivity contribution is 0.0987. The monoisotopic (exact) mass is 280 g/mol. The normalized spacial score (nSPS) is 10.2. The highest BCUT2D eigenvalue weighted by molar-refractivity contribution is 6.35. The van der Waals surface area contributed by atoms with Crippen molar-refractivity contribution in [3.63, 3.8) is 0 Å². The van der Waals surface area contributed by atoms with Crippen molar-refractivity contribution in [2.24, 2.45) is 5.84 Å². The Labute approximate surface area is 115 Å². The predicted octanol–water partition coefficient (Wildman–Crippen LogP) is 3.51. The molecule has 2 aromatic rings. The second-order valence-electron chi connectivity index (χ2n) is 3.67. The smallest absolute Gasteiger partial charge is 0.267 e. The average molecular weight is 281 g/mol. The van der Waals surface area contributed by atoms with E-state index in [2.05, 4.69) is 0 Å². The number of nitrogens with zero attached hydrogens (tertiary/aromatic N) is 1. The molecular weight excluding hydrogens is 271 g/mol. The summed E-state index contributed by atoms with van der Waals surface area (Å²) in [6.45, 7) is 0. The molecule has 2 rings (SSSR count). The maximum absolute atomic E-state index is 12.1. The van der Waals surface area contributed by atoms with Gasteiger partial charge in [0.15, 0.2) is 0 Å². The number of carbonyl (C=O) groups is 1. The van der Waals surface area contributed by atoms with E-state index < -0.39 is 0 Å². The molecule has 0 aromatic heterocycles. The molecule has 2 aromatic carbocycles. The molecule has 0 heterocycles. The van der Waals surface area contributed by atoms with E-state index in [1.165, 1.54) is 12.1 Å². The Hall–Kier alpha value is -1.55. The van der Waals surface area contributed by atoms with Crippen LogP contribution in [-0.4, -0.2) is 5.91 Å². The first-order chi connectivity index (χ1) is 8.58. The molecule has 0 aliphatic carbocycles. The second-order valence-corrected chi connectivity index (χ2v) is 4.54. The molecule has 5 heteroatoms. The lowest BCUT2D eigenvalue weighted by Crippen LogP contribution is -2.37. The molecule has 0 radical (unpaired) electrons. The highest BCUT2D eigenvalue weighted by Gasteiger charge is 2.15. The molecule has 0 aliphatic rings. The van der Waals surface area contributed by atoms with Gasteiger partial charge in [-0.1, -0.05) is 41.4 Å². The van der Waals surface area contributed by atoms with Crippen LogP contribution in [0.1, 0.15) is 10.4 Å². The largest absolute Gasteiger partial charge is 0.272 e. The standard InChI is InChI=1S/C13H10Cl2N2O/c14-10-6-9(7-11(15)8-10)13(18)17(16)12-4-2-1-3-5-12/h1-8H,16H2. The quantitative estimate of drug-likeness (QED) is 0.520. The number of hydrogen-bond donors (Lipinski definition) is 1. The Balaban J connectivity index is 2.31. The van der Waals surface area contributed by atoms with E-state index in [1.54, 1.807) is 30.3 Å². The second kappa shape index (κ2) is 5.40. The van der Waals surface area contributed by atoms with E-state index in [4.69, 9.17) is 29.0 Å². The van der Waals surface area contributed by atoms with E-state index in [0.29, 0.717) is 21.3 Å². The Kier molecular flexibility index (Phi) is 3.87. The summed E-state index contributed by atoms with van der Waals surface area (Å²) >= 11 is 11.7. The van der Waals surface area contributed by atoms with Gasteiger partial charge in [-0.3, -0.25) is 4.79 Å². The highest BCUT2D eigenvalue weighted by Crippen LogP contribution is 2.21. The maximum Gasteiger partial charge on any atom is 0.272 e. The molecule has 0 aliphatic heterocycles. The Morgan fingerprint density at radius 3 is 2.11 bits per heavy atom. The van der Waals surface area contributed by atoms with Gasteiger partial charge in [0.1, 0.15) is 0 Å². The van der Waals surface area contributed by atoms with Gasteiger partial charge in [0.2, 0.25) is 0 Å². The molecule has 18 heavy (non-hydrogen) atoms. The van der Waals surface area contributed by atoms with Gasteiger partial charge < -0.3 is 0 Å². The number of benzene rings is 2. The number of carbonyl (C=O) groups excluding carboxylic acids is 1. The number of para-hydroxylation sites is 1. The van der Waals surface area contributed by atoms with Gasteiger partial charge in [-0.25, -0.2) is 10.9 Å². The van der Waals surface area contributed by atoms with Gasteiger partial charge in [-0.05, 0) is 30.3 Å². The van der Waals surface area contributed by atoms with Gasteiger partial charge in [0.25, 0.3) is 5.91 Å². The zero-order valence-corrected chi connectivity index (χ0v) is 10.8. The van der Waals surface area contributed by atoms with Crippen molar-refractivity contribution >= 4 is 34.8 Å². The fourth-order valence-electron chi connectivity index (χ4n) is 1.52. The molecule has 1 amide bonds. The lowest BCUT2D eigenvalue weighted by Gasteiger charge is -2.16. The summed E-state index contributed by atoms with van der Waals surface area (Å²) in [5.74, 6) is 5.40. The van der Waals surface area contributed by atoms with Crippen LogP contribution in [0.25, 0.3) is 0 Å². The topological polar surface area (TPSA) is 46.3 Å². The SMILES string of the molecule is NN(C(=O)c1cc(Cl)cc(Cl)c1)c1ccccc1. The van der Waals surface area contributed by atoms with Crippen molar-refractivity contribution < 1.29 is 4.79 Å². The molecule has 2 N–H and O–H groups in total. The molecule has 0 atom stereocenters. The number of hydrazine groups is 1. The van der Waals surface area contributed by atoms with Crippen LogP contribution in [0.4, 0.5) is 5.69 Å². The molecule has 0 bridgehead atoms. The number of amides is 1. The summed E-state index contributed by atoms with van der Waals surface area (Å²) in [7, 11) is 0. The lowest BCUT2D eigenvalue weighted by atomic mass is 10.2. The first-order valence-electron chi connectivity index (χ1n) is 5.18. The molecule has 0 spiro atoms. The number of nitrogens with two attached hydrogens (primary N) is 1. The van der Waals surface area contributed by atoms with Gasteiger partial charge in [-0.2, -0.15) is 0 Å². The van der Waals surface area contributed by atoms with Crippen LogP contribution in [-0.2, 0) is 0 Å². The zero-order valence-electron chi connectivity index (χ0n) is 9.31. The molecule has 0 saturated carbocycles. The third kappa shape index (κ3) is 2.82. The van der Waals surface area contributed by atoms with Crippen molar-refractivity contribution in [1.29, 1.82) is 0 Å². The fraction of sp³-hybridized carbons (Fsp3) is 0. The third-order valence-electron chi connectivity index (χ3n) is 2.36. The van der Waals surface area contributed by atoms with E-state index >= 15 is 0 Å². The van der Waals surface area contributed by atoms with Crippen LogP contribution in [0, 0.1) is 0 Å². The number of anilines is 1. The van der Waals surface area contributed by atoms with Crippen molar-refractivity contribution in [2.45, 2.75) is 0 Å². The van der Waals surface area contributed by atoms with Gasteiger partial charge >= 0.3 is 0 Å². The van der Waals surface area contributed by atoms with E-state index in [0.717, 1.165) is 5.01 Å². The summed E-state index contributed by atoms with van der Waals surface area (Å²) in [5.41, 5.74) is 0.942.